The first-order valence-corrected chi connectivity index (χ1v) is 5.67. The molecule has 0 aliphatic rings. The summed E-state index contributed by atoms with van der Waals surface area (Å²) in [5, 5.41) is 0. The molecule has 1 heterocycles. The topological polar surface area (TPSA) is 21.1 Å². The monoisotopic (exact) mass is 227 g/mol. The maximum absolute atomic E-state index is 4.14. The van der Waals surface area contributed by atoms with Gasteiger partial charge in [-0.05, 0) is 12.1 Å². The summed E-state index contributed by atoms with van der Waals surface area (Å²) in [6.07, 6.45) is 5.65. The van der Waals surface area contributed by atoms with Crippen LogP contribution in [0, 0.1) is 0 Å². The summed E-state index contributed by atoms with van der Waals surface area (Å²) in [6, 6.07) is 10.3. The summed E-state index contributed by atoms with van der Waals surface area (Å²) >= 11 is 0. The van der Waals surface area contributed by atoms with Gasteiger partial charge in [0.15, 0.2) is 0 Å². The molecule has 0 fully saturated rings. The first-order chi connectivity index (χ1) is 8.31. The molecular formula is C14H17N3. The van der Waals surface area contributed by atoms with Gasteiger partial charge in [-0.1, -0.05) is 24.3 Å². The Balaban J connectivity index is 2.19. The van der Waals surface area contributed by atoms with Gasteiger partial charge in [-0.15, -0.1) is 6.58 Å². The zero-order chi connectivity index (χ0) is 12.1. The smallest absolute Gasteiger partial charge is 0.0946 e. The van der Waals surface area contributed by atoms with Crippen LogP contribution < -0.4 is 4.90 Å². The molecule has 88 valence electrons. The number of benzene rings is 1. The largest absolute Gasteiger partial charge is 0.362 e. The third-order valence-corrected chi connectivity index (χ3v) is 2.74. The molecule has 0 unspecified atom stereocenters. The van der Waals surface area contributed by atoms with Crippen LogP contribution in [0.1, 0.15) is 5.69 Å². The molecule has 17 heavy (non-hydrogen) atoms. The van der Waals surface area contributed by atoms with Gasteiger partial charge >= 0.3 is 0 Å². The molecule has 0 radical (unpaired) electrons. The molecule has 0 amide bonds. The lowest BCUT2D eigenvalue weighted by Gasteiger charge is -2.23. The number of aromatic nitrogens is 2. The summed E-state index contributed by atoms with van der Waals surface area (Å²) in [6.45, 7) is 5.48. The van der Waals surface area contributed by atoms with Gasteiger partial charge < -0.3 is 9.47 Å². The molecule has 2 rings (SSSR count). The molecular weight excluding hydrogens is 210 g/mol. The Hall–Kier alpha value is -2.03. The minimum Gasteiger partial charge on any atom is -0.362 e. The van der Waals surface area contributed by atoms with E-state index in [9.17, 15) is 0 Å². The zero-order valence-electron chi connectivity index (χ0n) is 10.1. The zero-order valence-corrected chi connectivity index (χ0v) is 10.1. The van der Waals surface area contributed by atoms with E-state index in [1.54, 1.807) is 0 Å². The number of para-hydroxylation sites is 1. The van der Waals surface area contributed by atoms with E-state index < -0.39 is 0 Å². The molecule has 1 aromatic carbocycles. The summed E-state index contributed by atoms with van der Waals surface area (Å²) in [5.74, 6) is 0. The molecule has 0 aliphatic heterocycles. The normalized spacial score (nSPS) is 10.2. The number of nitrogens with zero attached hydrogens (tertiary/aromatic N) is 3. The van der Waals surface area contributed by atoms with E-state index in [1.807, 2.05) is 36.3 Å². The van der Waals surface area contributed by atoms with Crippen molar-refractivity contribution in [2.75, 3.05) is 11.4 Å². The Bertz CT molecular complexity index is 473. The lowest BCUT2D eigenvalue weighted by atomic mass is 10.2. The van der Waals surface area contributed by atoms with Crippen LogP contribution in [0.15, 0.2) is 55.5 Å². The lowest BCUT2D eigenvalue weighted by molar-refractivity contribution is 0.769. The second kappa shape index (κ2) is 5.34. The van der Waals surface area contributed by atoms with Crippen molar-refractivity contribution >= 4 is 5.69 Å². The third-order valence-electron chi connectivity index (χ3n) is 2.74. The second-order valence-electron chi connectivity index (χ2n) is 4.00. The van der Waals surface area contributed by atoms with E-state index in [-0.39, 0.29) is 0 Å². The van der Waals surface area contributed by atoms with Crippen molar-refractivity contribution < 1.29 is 0 Å². The molecule has 0 aliphatic carbocycles. The van der Waals surface area contributed by atoms with Gasteiger partial charge in [0.25, 0.3) is 0 Å². The van der Waals surface area contributed by atoms with Crippen molar-refractivity contribution in [1.82, 2.24) is 9.55 Å². The standard InChI is InChI=1S/C14H17N3/c1-3-9-17(13-7-5-4-6-8-13)11-14-10-15-12-16(14)2/h3-8,10,12H,1,9,11H2,2H3. The van der Waals surface area contributed by atoms with Crippen molar-refractivity contribution in [3.63, 3.8) is 0 Å². The molecule has 0 saturated heterocycles. The summed E-state index contributed by atoms with van der Waals surface area (Å²) in [4.78, 5) is 6.41. The molecule has 0 spiro atoms. The second-order valence-corrected chi connectivity index (χ2v) is 4.00. The van der Waals surface area contributed by atoms with Crippen LogP contribution in [0.2, 0.25) is 0 Å². The van der Waals surface area contributed by atoms with Crippen LogP contribution in [0.25, 0.3) is 0 Å². The average Bonchev–Trinajstić information content (AvgIpc) is 2.76. The van der Waals surface area contributed by atoms with Crippen LogP contribution in [-0.4, -0.2) is 16.1 Å². The van der Waals surface area contributed by atoms with Gasteiger partial charge in [0.1, 0.15) is 0 Å². The van der Waals surface area contributed by atoms with Crippen LogP contribution in [0.3, 0.4) is 0 Å². The molecule has 2 aromatic rings. The van der Waals surface area contributed by atoms with Gasteiger partial charge in [0, 0.05) is 25.5 Å². The van der Waals surface area contributed by atoms with Crippen LogP contribution in [-0.2, 0) is 13.6 Å². The van der Waals surface area contributed by atoms with E-state index in [4.69, 9.17) is 0 Å². The summed E-state index contributed by atoms with van der Waals surface area (Å²) in [7, 11) is 2.01. The third kappa shape index (κ3) is 2.75. The number of rotatable bonds is 5. The van der Waals surface area contributed by atoms with Crippen molar-refractivity contribution in [2.45, 2.75) is 6.54 Å². The Labute approximate surface area is 102 Å². The maximum Gasteiger partial charge on any atom is 0.0946 e. The molecule has 0 N–H and O–H groups in total. The number of hydrogen-bond donors (Lipinski definition) is 0. The predicted octanol–water partition coefficient (Wildman–Crippen LogP) is 2.61. The number of anilines is 1. The van der Waals surface area contributed by atoms with Gasteiger partial charge in [0.05, 0.1) is 18.6 Å². The fourth-order valence-corrected chi connectivity index (χ4v) is 1.79. The molecule has 3 nitrogen and oxygen atoms in total. The molecule has 0 saturated carbocycles. The minimum absolute atomic E-state index is 0.829. The van der Waals surface area contributed by atoms with E-state index in [2.05, 4.69) is 40.7 Å². The van der Waals surface area contributed by atoms with Crippen molar-refractivity contribution in [3.05, 3.63) is 61.2 Å². The van der Waals surface area contributed by atoms with Crippen molar-refractivity contribution in [2.24, 2.45) is 7.05 Å². The highest BCUT2D eigenvalue weighted by Gasteiger charge is 2.07. The van der Waals surface area contributed by atoms with Crippen LogP contribution in [0.4, 0.5) is 5.69 Å². The van der Waals surface area contributed by atoms with E-state index >= 15 is 0 Å². The summed E-state index contributed by atoms with van der Waals surface area (Å²) < 4.78 is 2.04. The van der Waals surface area contributed by atoms with E-state index in [0.29, 0.717) is 0 Å². The van der Waals surface area contributed by atoms with Gasteiger partial charge in [-0.25, -0.2) is 4.98 Å². The quantitative estimate of drug-likeness (QED) is 0.732. The predicted molar refractivity (Wildman–Crippen MR) is 70.9 cm³/mol. The van der Waals surface area contributed by atoms with Crippen molar-refractivity contribution in [1.29, 1.82) is 0 Å². The summed E-state index contributed by atoms with van der Waals surface area (Å²) in [5.41, 5.74) is 2.39. The van der Waals surface area contributed by atoms with Crippen molar-refractivity contribution in [3.8, 4) is 0 Å². The average molecular weight is 227 g/mol. The van der Waals surface area contributed by atoms with Gasteiger partial charge in [-0.2, -0.15) is 0 Å². The molecule has 3 heteroatoms. The number of hydrogen-bond acceptors (Lipinski definition) is 2. The fraction of sp³-hybridized carbons (Fsp3) is 0.214. The molecule has 0 atom stereocenters. The highest BCUT2D eigenvalue weighted by molar-refractivity contribution is 5.46. The first kappa shape index (κ1) is 11.5. The van der Waals surface area contributed by atoms with Crippen LogP contribution in [0.5, 0.6) is 0 Å². The number of imidazole rings is 1. The highest BCUT2D eigenvalue weighted by Crippen LogP contribution is 2.16. The fourth-order valence-electron chi connectivity index (χ4n) is 1.79. The Morgan fingerprint density at radius 1 is 1.35 bits per heavy atom. The molecule has 0 bridgehead atoms. The van der Waals surface area contributed by atoms with E-state index in [1.165, 1.54) is 11.4 Å². The highest BCUT2D eigenvalue weighted by atomic mass is 15.2. The minimum atomic E-state index is 0.829. The van der Waals surface area contributed by atoms with E-state index in [0.717, 1.165) is 13.1 Å². The Kier molecular flexibility index (Phi) is 3.60. The first-order valence-electron chi connectivity index (χ1n) is 5.67. The molecule has 1 aromatic heterocycles. The van der Waals surface area contributed by atoms with Crippen LogP contribution >= 0.6 is 0 Å². The SMILES string of the molecule is C=CCN(Cc1cncn1C)c1ccccc1. The Morgan fingerprint density at radius 2 is 2.12 bits per heavy atom. The number of aryl methyl sites for hydroxylation is 1. The maximum atomic E-state index is 4.14. The Morgan fingerprint density at radius 3 is 2.71 bits per heavy atom. The van der Waals surface area contributed by atoms with Gasteiger partial charge in [-0.3, -0.25) is 0 Å². The lowest BCUT2D eigenvalue weighted by Crippen LogP contribution is -2.23. The van der Waals surface area contributed by atoms with Gasteiger partial charge in [0.2, 0.25) is 0 Å².